The molecule has 0 radical (unpaired) electrons. The molecular weight excluding hydrogens is 294 g/mol. The third-order valence-electron chi connectivity index (χ3n) is 3.61. The van der Waals surface area contributed by atoms with Crippen molar-refractivity contribution in [2.45, 2.75) is 26.7 Å². The maximum Gasteiger partial charge on any atom is 0.308 e. The first-order valence-corrected chi connectivity index (χ1v) is 7.65. The summed E-state index contributed by atoms with van der Waals surface area (Å²) in [6.07, 6.45) is 3.17. The fourth-order valence-corrected chi connectivity index (χ4v) is 2.30. The lowest BCUT2D eigenvalue weighted by atomic mass is 10.0. The molecule has 1 aromatic carbocycles. The van der Waals surface area contributed by atoms with E-state index in [1.165, 1.54) is 0 Å². The number of hydrogen-bond acceptors (Lipinski definition) is 3. The number of aliphatic carboxylic acids is 1. The lowest BCUT2D eigenvalue weighted by molar-refractivity contribution is -0.141. The molecule has 122 valence electrons. The molecule has 2 rings (SSSR count). The van der Waals surface area contributed by atoms with E-state index in [4.69, 9.17) is 5.11 Å². The Morgan fingerprint density at radius 2 is 1.96 bits per heavy atom. The van der Waals surface area contributed by atoms with Gasteiger partial charge in [-0.2, -0.15) is 5.10 Å². The van der Waals surface area contributed by atoms with Crippen LogP contribution in [0.3, 0.4) is 0 Å². The van der Waals surface area contributed by atoms with Crippen LogP contribution in [-0.2, 0) is 4.79 Å². The molecule has 6 heteroatoms. The highest BCUT2D eigenvalue weighted by atomic mass is 16.4. The van der Waals surface area contributed by atoms with Gasteiger partial charge in [0.2, 0.25) is 0 Å². The minimum Gasteiger partial charge on any atom is -0.481 e. The van der Waals surface area contributed by atoms with Crippen molar-refractivity contribution in [1.29, 1.82) is 0 Å². The number of amides is 1. The normalized spacial score (nSPS) is 11.9. The van der Waals surface area contributed by atoms with Crippen LogP contribution in [0.4, 0.5) is 0 Å². The predicted molar refractivity (Wildman–Crippen MR) is 86.7 cm³/mol. The highest BCUT2D eigenvalue weighted by Gasteiger charge is 2.17. The van der Waals surface area contributed by atoms with Gasteiger partial charge in [-0.05, 0) is 43.7 Å². The van der Waals surface area contributed by atoms with Crippen molar-refractivity contribution in [2.24, 2.45) is 5.92 Å². The zero-order chi connectivity index (χ0) is 16.8. The van der Waals surface area contributed by atoms with Gasteiger partial charge in [0.1, 0.15) is 0 Å². The number of aryl methyl sites for hydroxylation is 1. The van der Waals surface area contributed by atoms with Crippen LogP contribution in [-0.4, -0.2) is 33.3 Å². The number of nitrogens with zero attached hydrogens (tertiary/aromatic N) is 2. The molecule has 23 heavy (non-hydrogen) atoms. The van der Waals surface area contributed by atoms with E-state index in [1.807, 2.05) is 38.2 Å². The molecule has 1 amide bonds. The van der Waals surface area contributed by atoms with Crippen LogP contribution < -0.4 is 5.32 Å². The number of carboxylic acids is 1. The smallest absolute Gasteiger partial charge is 0.308 e. The van der Waals surface area contributed by atoms with E-state index >= 15 is 0 Å². The summed E-state index contributed by atoms with van der Waals surface area (Å²) in [6, 6.07) is 8.93. The van der Waals surface area contributed by atoms with E-state index in [0.29, 0.717) is 12.0 Å². The molecule has 0 aliphatic heterocycles. The number of carbonyl (C=O) groups excluding carboxylic acids is 1. The molecule has 0 spiro atoms. The van der Waals surface area contributed by atoms with Crippen molar-refractivity contribution < 1.29 is 14.7 Å². The summed E-state index contributed by atoms with van der Waals surface area (Å²) in [6.45, 7) is 3.98. The average Bonchev–Trinajstić information content (AvgIpc) is 2.97. The van der Waals surface area contributed by atoms with Gasteiger partial charge in [0.15, 0.2) is 0 Å². The number of nitrogens with one attached hydrogen (secondary N) is 1. The fourth-order valence-electron chi connectivity index (χ4n) is 2.30. The topological polar surface area (TPSA) is 84.2 Å². The van der Waals surface area contributed by atoms with Crippen LogP contribution in [0.2, 0.25) is 0 Å². The SMILES string of the molecule is CCCC(CNC(=O)c1ccc(-n2ccc(C)n2)cc1)C(=O)O. The lowest BCUT2D eigenvalue weighted by Crippen LogP contribution is -2.32. The Hall–Kier alpha value is -2.63. The summed E-state index contributed by atoms with van der Waals surface area (Å²) in [5.41, 5.74) is 2.28. The zero-order valence-corrected chi connectivity index (χ0v) is 13.3. The van der Waals surface area contributed by atoms with Crippen LogP contribution in [0.15, 0.2) is 36.5 Å². The molecule has 2 aromatic rings. The van der Waals surface area contributed by atoms with Gasteiger partial charge < -0.3 is 10.4 Å². The summed E-state index contributed by atoms with van der Waals surface area (Å²) < 4.78 is 1.73. The van der Waals surface area contributed by atoms with Gasteiger partial charge in [-0.25, -0.2) is 4.68 Å². The second-order valence-corrected chi connectivity index (χ2v) is 5.48. The summed E-state index contributed by atoms with van der Waals surface area (Å²) in [5.74, 6) is -1.69. The molecule has 2 N–H and O–H groups in total. The summed E-state index contributed by atoms with van der Waals surface area (Å²) in [7, 11) is 0. The largest absolute Gasteiger partial charge is 0.481 e. The van der Waals surface area contributed by atoms with Crippen LogP contribution >= 0.6 is 0 Å². The van der Waals surface area contributed by atoms with E-state index in [9.17, 15) is 9.59 Å². The van der Waals surface area contributed by atoms with Crippen molar-refractivity contribution >= 4 is 11.9 Å². The van der Waals surface area contributed by atoms with Crippen molar-refractivity contribution in [3.63, 3.8) is 0 Å². The number of carbonyl (C=O) groups is 2. The molecule has 6 nitrogen and oxygen atoms in total. The Morgan fingerprint density at radius 3 is 2.48 bits per heavy atom. The minimum absolute atomic E-state index is 0.141. The Morgan fingerprint density at radius 1 is 1.26 bits per heavy atom. The molecular formula is C17H21N3O3. The monoisotopic (exact) mass is 315 g/mol. The van der Waals surface area contributed by atoms with Gasteiger partial charge in [0.25, 0.3) is 5.91 Å². The highest BCUT2D eigenvalue weighted by Crippen LogP contribution is 2.10. The fraction of sp³-hybridized carbons (Fsp3) is 0.353. The van der Waals surface area contributed by atoms with Crippen molar-refractivity contribution in [1.82, 2.24) is 15.1 Å². The van der Waals surface area contributed by atoms with E-state index in [2.05, 4.69) is 10.4 Å². The van der Waals surface area contributed by atoms with Gasteiger partial charge in [-0.3, -0.25) is 9.59 Å². The third-order valence-corrected chi connectivity index (χ3v) is 3.61. The first-order chi connectivity index (χ1) is 11.0. The highest BCUT2D eigenvalue weighted by molar-refractivity contribution is 5.94. The van der Waals surface area contributed by atoms with E-state index in [1.54, 1.807) is 16.8 Å². The Bertz CT molecular complexity index is 677. The van der Waals surface area contributed by atoms with Gasteiger partial charge >= 0.3 is 5.97 Å². The Balaban J connectivity index is 1.98. The van der Waals surface area contributed by atoms with Crippen molar-refractivity contribution in [3.8, 4) is 5.69 Å². The van der Waals surface area contributed by atoms with E-state index < -0.39 is 11.9 Å². The minimum atomic E-state index is -0.878. The van der Waals surface area contributed by atoms with Crippen molar-refractivity contribution in [3.05, 3.63) is 47.8 Å². The van der Waals surface area contributed by atoms with E-state index in [-0.39, 0.29) is 12.5 Å². The van der Waals surface area contributed by atoms with Gasteiger partial charge in [0, 0.05) is 18.3 Å². The zero-order valence-electron chi connectivity index (χ0n) is 13.3. The molecule has 1 atom stereocenters. The van der Waals surface area contributed by atoms with Gasteiger partial charge in [-0.1, -0.05) is 13.3 Å². The summed E-state index contributed by atoms with van der Waals surface area (Å²) in [5, 5.41) is 16.1. The molecule has 0 aliphatic carbocycles. The second kappa shape index (κ2) is 7.58. The number of hydrogen-bond donors (Lipinski definition) is 2. The Labute approximate surface area is 135 Å². The number of rotatable bonds is 7. The quantitative estimate of drug-likeness (QED) is 0.822. The van der Waals surface area contributed by atoms with Gasteiger partial charge in [-0.15, -0.1) is 0 Å². The summed E-state index contributed by atoms with van der Waals surface area (Å²) >= 11 is 0. The Kier molecular flexibility index (Phi) is 5.51. The number of carboxylic acid groups (broad SMARTS) is 1. The molecule has 0 fully saturated rings. The van der Waals surface area contributed by atoms with E-state index in [0.717, 1.165) is 17.8 Å². The lowest BCUT2D eigenvalue weighted by Gasteiger charge is -2.12. The number of benzene rings is 1. The molecule has 0 aliphatic rings. The molecule has 0 saturated heterocycles. The van der Waals surface area contributed by atoms with Crippen LogP contribution in [0.25, 0.3) is 5.69 Å². The van der Waals surface area contributed by atoms with Crippen LogP contribution in [0.1, 0.15) is 35.8 Å². The average molecular weight is 315 g/mol. The molecule has 0 saturated carbocycles. The van der Waals surface area contributed by atoms with Crippen LogP contribution in [0.5, 0.6) is 0 Å². The first-order valence-electron chi connectivity index (χ1n) is 7.65. The van der Waals surface area contributed by atoms with Gasteiger partial charge in [0.05, 0.1) is 17.3 Å². The second-order valence-electron chi connectivity index (χ2n) is 5.48. The maximum absolute atomic E-state index is 12.1. The summed E-state index contributed by atoms with van der Waals surface area (Å²) in [4.78, 5) is 23.2. The third kappa shape index (κ3) is 4.42. The molecule has 0 bridgehead atoms. The number of aromatic nitrogens is 2. The predicted octanol–water partition coefficient (Wildman–Crippen LogP) is 2.41. The standard InChI is InChI=1S/C17H21N3O3/c1-3-4-14(17(22)23)11-18-16(21)13-5-7-15(8-6-13)20-10-9-12(2)19-20/h5-10,14H,3-4,11H2,1-2H3,(H,18,21)(H,22,23). The van der Waals surface area contributed by atoms with Crippen LogP contribution in [0, 0.1) is 12.8 Å². The van der Waals surface area contributed by atoms with Crippen molar-refractivity contribution in [2.75, 3.05) is 6.54 Å². The first kappa shape index (κ1) is 16.7. The molecule has 1 unspecified atom stereocenters. The maximum atomic E-state index is 12.1. The molecule has 1 aromatic heterocycles. The molecule has 1 heterocycles.